The molecule has 0 radical (unpaired) electrons. The number of benzene rings is 1. The zero-order valence-electron chi connectivity index (χ0n) is 12.5. The molecule has 1 saturated carbocycles. The lowest BCUT2D eigenvalue weighted by atomic mass is 9.97. The Labute approximate surface area is 124 Å². The maximum Gasteiger partial charge on any atom is 0.302 e. The van der Waals surface area contributed by atoms with Crippen LogP contribution in [0.1, 0.15) is 32.8 Å². The molecular formula is C16H22O5. The minimum absolute atomic E-state index is 0.276. The molecule has 2 rings (SSSR count). The van der Waals surface area contributed by atoms with Gasteiger partial charge in [-0.1, -0.05) is 30.3 Å². The van der Waals surface area contributed by atoms with Crippen molar-refractivity contribution in [2.75, 3.05) is 0 Å². The highest BCUT2D eigenvalue weighted by atomic mass is 16.6. The molecule has 0 unspecified atom stereocenters. The SMILES string of the molecule is CC(=O)O[C@H]1C[C@@H](OC(C)(C)c2ccccc2)[C@H](O)[C@@H]1O. The molecule has 0 aliphatic heterocycles. The van der Waals surface area contributed by atoms with E-state index < -0.39 is 36.0 Å². The number of hydrogen-bond donors (Lipinski definition) is 2. The van der Waals surface area contributed by atoms with E-state index in [9.17, 15) is 15.0 Å². The Bertz CT molecular complexity index is 485. The van der Waals surface area contributed by atoms with Crippen molar-refractivity contribution in [2.24, 2.45) is 0 Å². The molecule has 5 heteroatoms. The molecule has 1 aromatic carbocycles. The van der Waals surface area contributed by atoms with Gasteiger partial charge >= 0.3 is 5.97 Å². The van der Waals surface area contributed by atoms with Crippen LogP contribution < -0.4 is 0 Å². The Morgan fingerprint density at radius 1 is 1.14 bits per heavy atom. The smallest absolute Gasteiger partial charge is 0.302 e. The summed E-state index contributed by atoms with van der Waals surface area (Å²) in [5, 5.41) is 20.0. The summed E-state index contributed by atoms with van der Waals surface area (Å²) in [5.41, 5.74) is 0.361. The van der Waals surface area contributed by atoms with Gasteiger partial charge in [0, 0.05) is 13.3 Å². The van der Waals surface area contributed by atoms with E-state index in [2.05, 4.69) is 0 Å². The average Bonchev–Trinajstić information content (AvgIpc) is 2.67. The van der Waals surface area contributed by atoms with E-state index in [4.69, 9.17) is 9.47 Å². The molecule has 0 saturated heterocycles. The first-order chi connectivity index (χ1) is 9.81. The number of esters is 1. The van der Waals surface area contributed by atoms with Crippen molar-refractivity contribution in [3.05, 3.63) is 35.9 Å². The Kier molecular flexibility index (Phi) is 4.66. The molecule has 1 aliphatic carbocycles. The quantitative estimate of drug-likeness (QED) is 0.820. The summed E-state index contributed by atoms with van der Waals surface area (Å²) in [6.45, 7) is 5.09. The Balaban J connectivity index is 2.07. The van der Waals surface area contributed by atoms with Gasteiger partial charge in [-0.15, -0.1) is 0 Å². The first-order valence-corrected chi connectivity index (χ1v) is 7.08. The number of carbonyl (C=O) groups excluding carboxylic acids is 1. The van der Waals surface area contributed by atoms with Crippen LogP contribution in [0, 0.1) is 0 Å². The van der Waals surface area contributed by atoms with Gasteiger partial charge in [0.1, 0.15) is 18.3 Å². The van der Waals surface area contributed by atoms with Gasteiger partial charge in [0.15, 0.2) is 0 Å². The summed E-state index contributed by atoms with van der Waals surface area (Å²) < 4.78 is 11.0. The lowest BCUT2D eigenvalue weighted by Gasteiger charge is -2.31. The number of carbonyl (C=O) groups is 1. The van der Waals surface area contributed by atoms with Crippen molar-refractivity contribution < 1.29 is 24.5 Å². The second-order valence-corrected chi connectivity index (χ2v) is 5.90. The van der Waals surface area contributed by atoms with Crippen LogP contribution >= 0.6 is 0 Å². The minimum atomic E-state index is -1.12. The van der Waals surface area contributed by atoms with Gasteiger partial charge in [0.05, 0.1) is 11.7 Å². The second-order valence-electron chi connectivity index (χ2n) is 5.90. The maximum absolute atomic E-state index is 11.0. The summed E-state index contributed by atoms with van der Waals surface area (Å²) in [5.74, 6) is -0.478. The zero-order chi connectivity index (χ0) is 15.6. The zero-order valence-corrected chi connectivity index (χ0v) is 12.5. The normalized spacial score (nSPS) is 29.4. The molecule has 2 N–H and O–H groups in total. The van der Waals surface area contributed by atoms with Gasteiger partial charge in [0.2, 0.25) is 0 Å². The Hall–Kier alpha value is -1.43. The summed E-state index contributed by atoms with van der Waals surface area (Å²) in [6.07, 6.45) is -3.23. The molecular weight excluding hydrogens is 272 g/mol. The lowest BCUT2D eigenvalue weighted by molar-refractivity contribution is -0.152. The van der Waals surface area contributed by atoms with Crippen molar-refractivity contribution in [2.45, 2.75) is 57.2 Å². The molecule has 1 aliphatic rings. The number of aliphatic hydroxyl groups is 2. The molecule has 1 aromatic rings. The standard InChI is InChI=1S/C16H22O5/c1-10(17)20-12-9-13(15(19)14(12)18)21-16(2,3)11-7-5-4-6-8-11/h4-8,12-15,18-19H,9H2,1-3H3/t12-,13+,14+,15-/m0/s1. The van der Waals surface area contributed by atoms with Crippen LogP contribution in [0.2, 0.25) is 0 Å². The second kappa shape index (κ2) is 6.13. The van der Waals surface area contributed by atoms with Crippen LogP contribution in [0.15, 0.2) is 30.3 Å². The summed E-state index contributed by atoms with van der Waals surface area (Å²) >= 11 is 0. The highest BCUT2D eigenvalue weighted by Gasteiger charge is 2.46. The molecule has 0 bridgehead atoms. The van der Waals surface area contributed by atoms with Crippen LogP contribution in [0.4, 0.5) is 0 Å². The average molecular weight is 294 g/mol. The third-order valence-electron chi connectivity index (χ3n) is 3.81. The fourth-order valence-electron chi connectivity index (χ4n) is 2.68. The highest BCUT2D eigenvalue weighted by molar-refractivity contribution is 5.66. The van der Waals surface area contributed by atoms with Crippen molar-refractivity contribution in [3.63, 3.8) is 0 Å². The molecule has 5 nitrogen and oxygen atoms in total. The number of hydrogen-bond acceptors (Lipinski definition) is 5. The van der Waals surface area contributed by atoms with Gasteiger partial charge < -0.3 is 19.7 Å². The van der Waals surface area contributed by atoms with Gasteiger partial charge in [-0.3, -0.25) is 4.79 Å². The fourth-order valence-corrected chi connectivity index (χ4v) is 2.68. The summed E-state index contributed by atoms with van der Waals surface area (Å²) in [4.78, 5) is 11.0. The predicted molar refractivity (Wildman–Crippen MR) is 76.5 cm³/mol. The van der Waals surface area contributed by atoms with Crippen LogP contribution in [-0.4, -0.2) is 40.6 Å². The van der Waals surface area contributed by atoms with E-state index in [1.54, 1.807) is 0 Å². The Morgan fingerprint density at radius 3 is 2.29 bits per heavy atom. The Morgan fingerprint density at radius 2 is 1.71 bits per heavy atom. The van der Waals surface area contributed by atoms with Crippen LogP contribution in [0.3, 0.4) is 0 Å². The van der Waals surface area contributed by atoms with Crippen molar-refractivity contribution in [3.8, 4) is 0 Å². The number of rotatable bonds is 4. The lowest BCUT2D eigenvalue weighted by Crippen LogP contribution is -2.38. The molecule has 1 fully saturated rings. The van der Waals surface area contributed by atoms with E-state index in [1.807, 2.05) is 44.2 Å². The first kappa shape index (κ1) is 15.9. The van der Waals surface area contributed by atoms with Gasteiger partial charge in [-0.2, -0.15) is 0 Å². The fraction of sp³-hybridized carbons (Fsp3) is 0.562. The van der Waals surface area contributed by atoms with Gasteiger partial charge in [0.25, 0.3) is 0 Å². The van der Waals surface area contributed by atoms with Gasteiger partial charge in [-0.05, 0) is 19.4 Å². The molecule has 0 amide bonds. The maximum atomic E-state index is 11.0. The van der Waals surface area contributed by atoms with E-state index >= 15 is 0 Å². The highest BCUT2D eigenvalue weighted by Crippen LogP contribution is 2.33. The van der Waals surface area contributed by atoms with Crippen LogP contribution in [-0.2, 0) is 19.9 Å². The van der Waals surface area contributed by atoms with Gasteiger partial charge in [-0.25, -0.2) is 0 Å². The third kappa shape index (κ3) is 3.61. The molecule has 116 valence electrons. The summed E-state index contributed by atoms with van der Waals surface area (Å²) in [6, 6.07) is 9.65. The first-order valence-electron chi connectivity index (χ1n) is 7.08. The van der Waals surface area contributed by atoms with Crippen molar-refractivity contribution >= 4 is 5.97 Å². The van der Waals surface area contributed by atoms with E-state index in [-0.39, 0.29) is 6.42 Å². The predicted octanol–water partition coefficient (Wildman–Crippen LogP) is 1.36. The van der Waals surface area contributed by atoms with Crippen LogP contribution in [0.25, 0.3) is 0 Å². The monoisotopic (exact) mass is 294 g/mol. The molecule has 0 aromatic heterocycles. The largest absolute Gasteiger partial charge is 0.460 e. The number of ether oxygens (including phenoxy) is 2. The summed E-state index contributed by atoms with van der Waals surface area (Å²) in [7, 11) is 0. The van der Waals surface area contributed by atoms with E-state index in [0.717, 1.165) is 5.56 Å². The van der Waals surface area contributed by atoms with E-state index in [1.165, 1.54) is 6.92 Å². The van der Waals surface area contributed by atoms with Crippen molar-refractivity contribution in [1.82, 2.24) is 0 Å². The van der Waals surface area contributed by atoms with E-state index in [0.29, 0.717) is 0 Å². The molecule has 21 heavy (non-hydrogen) atoms. The minimum Gasteiger partial charge on any atom is -0.460 e. The van der Waals surface area contributed by atoms with Crippen molar-refractivity contribution in [1.29, 1.82) is 0 Å². The topological polar surface area (TPSA) is 76.0 Å². The molecule has 0 heterocycles. The molecule has 4 atom stereocenters. The molecule has 0 spiro atoms. The number of aliphatic hydroxyl groups excluding tert-OH is 2. The third-order valence-corrected chi connectivity index (χ3v) is 3.81. The van der Waals surface area contributed by atoms with Crippen LogP contribution in [0.5, 0.6) is 0 Å².